The quantitative estimate of drug-likeness (QED) is 0.291. The van der Waals surface area contributed by atoms with Crippen LogP contribution in [0, 0.1) is 29.1 Å². The first-order valence-electron chi connectivity index (χ1n) is 7.93. The van der Waals surface area contributed by atoms with Gasteiger partial charge in [-0.25, -0.2) is 26.9 Å². The summed E-state index contributed by atoms with van der Waals surface area (Å²) in [5.74, 6) is -14.7. The van der Waals surface area contributed by atoms with E-state index in [0.717, 1.165) is 0 Å². The Morgan fingerprint density at radius 2 is 1.59 bits per heavy atom. The number of carbonyl (C=O) groups is 2. The Bertz CT molecular complexity index is 1060. The van der Waals surface area contributed by atoms with Gasteiger partial charge in [0.05, 0.1) is 17.6 Å². The number of hydrogen-bond acceptors (Lipinski definition) is 4. The maximum absolute atomic E-state index is 13.7. The van der Waals surface area contributed by atoms with Crippen molar-refractivity contribution >= 4 is 28.8 Å². The monoisotopic (exact) mass is 414 g/mol. The van der Waals surface area contributed by atoms with Crippen molar-refractivity contribution < 1.29 is 36.6 Å². The molecular formula is C17H11F5N4O3. The number of hydrogen-bond donors (Lipinski definition) is 4. The molecule has 3 rings (SSSR count). The van der Waals surface area contributed by atoms with Gasteiger partial charge in [0.15, 0.2) is 23.3 Å². The molecule has 4 N–H and O–H groups in total. The number of para-hydroxylation sites is 2. The number of carbonyl (C=O) groups excluding carboxylic acids is 2. The molecule has 0 bridgehead atoms. The highest BCUT2D eigenvalue weighted by Crippen LogP contribution is 2.23. The number of rotatable bonds is 5. The van der Waals surface area contributed by atoms with Crippen molar-refractivity contribution in [1.82, 2.24) is 15.3 Å². The summed E-state index contributed by atoms with van der Waals surface area (Å²) in [4.78, 5) is 31.0. The highest BCUT2D eigenvalue weighted by molar-refractivity contribution is 6.01. The Labute approximate surface area is 158 Å². The van der Waals surface area contributed by atoms with Crippen LogP contribution in [-0.4, -0.2) is 39.5 Å². The van der Waals surface area contributed by atoms with Gasteiger partial charge in [-0.15, -0.1) is 0 Å². The third-order valence-electron chi connectivity index (χ3n) is 3.87. The largest absolute Gasteiger partial charge is 0.394 e. The van der Waals surface area contributed by atoms with Crippen molar-refractivity contribution in [2.24, 2.45) is 0 Å². The van der Waals surface area contributed by atoms with Crippen LogP contribution in [0.3, 0.4) is 0 Å². The van der Waals surface area contributed by atoms with Gasteiger partial charge in [0.1, 0.15) is 11.6 Å². The number of nitrogens with one attached hydrogen (secondary N) is 3. The Kier molecular flexibility index (Phi) is 5.46. The van der Waals surface area contributed by atoms with E-state index in [2.05, 4.69) is 15.3 Å². The number of amides is 2. The summed E-state index contributed by atoms with van der Waals surface area (Å²) in [6, 6.07) is 4.91. The minimum absolute atomic E-state index is 0.0554. The van der Waals surface area contributed by atoms with Crippen molar-refractivity contribution in [2.45, 2.75) is 6.04 Å². The number of benzene rings is 2. The van der Waals surface area contributed by atoms with Gasteiger partial charge < -0.3 is 15.4 Å². The summed E-state index contributed by atoms with van der Waals surface area (Å²) in [6.07, 6.45) is 0. The summed E-state index contributed by atoms with van der Waals surface area (Å²) >= 11 is 0. The second-order valence-corrected chi connectivity index (χ2v) is 5.75. The Hall–Kier alpha value is -3.54. The minimum atomic E-state index is -2.43. The molecule has 1 atom stereocenters. The Morgan fingerprint density at radius 1 is 1.00 bits per heavy atom. The summed E-state index contributed by atoms with van der Waals surface area (Å²) in [5, 5.41) is 13.2. The highest BCUT2D eigenvalue weighted by atomic mass is 19.2. The second-order valence-electron chi connectivity index (χ2n) is 5.75. The molecule has 0 aliphatic heterocycles. The lowest BCUT2D eigenvalue weighted by Crippen LogP contribution is -2.47. The van der Waals surface area contributed by atoms with E-state index in [-0.39, 0.29) is 5.95 Å². The number of H-pyrrole nitrogens is 1. The van der Waals surface area contributed by atoms with Crippen LogP contribution in [0.5, 0.6) is 0 Å². The molecule has 1 unspecified atom stereocenters. The second kappa shape index (κ2) is 7.83. The SMILES string of the molecule is O=C(NC(CO)C(=O)Nc1nc2ccccc2[nH]1)c1c(F)c(F)c(F)c(F)c1F. The van der Waals surface area contributed by atoms with Crippen LogP contribution < -0.4 is 10.6 Å². The van der Waals surface area contributed by atoms with E-state index < -0.39 is 59.1 Å². The number of aromatic nitrogens is 2. The van der Waals surface area contributed by atoms with Gasteiger partial charge >= 0.3 is 0 Å². The van der Waals surface area contributed by atoms with Gasteiger partial charge in [0.2, 0.25) is 11.8 Å². The lowest BCUT2D eigenvalue weighted by atomic mass is 10.1. The molecule has 0 fully saturated rings. The molecule has 1 heterocycles. The first-order valence-corrected chi connectivity index (χ1v) is 7.93. The van der Waals surface area contributed by atoms with Gasteiger partial charge in [-0.2, -0.15) is 0 Å². The summed E-state index contributed by atoms with van der Waals surface area (Å²) in [5.41, 5.74) is -0.723. The highest BCUT2D eigenvalue weighted by Gasteiger charge is 2.31. The molecule has 0 radical (unpaired) electrons. The molecule has 152 valence electrons. The molecule has 12 heteroatoms. The molecule has 7 nitrogen and oxygen atoms in total. The number of fused-ring (bicyclic) bond motifs is 1. The van der Waals surface area contributed by atoms with E-state index in [1.807, 2.05) is 0 Å². The number of imidazole rings is 1. The summed E-state index contributed by atoms with van der Waals surface area (Å²) in [7, 11) is 0. The molecule has 0 saturated heterocycles. The van der Waals surface area contributed by atoms with Gasteiger partial charge in [0.25, 0.3) is 11.8 Å². The summed E-state index contributed by atoms with van der Waals surface area (Å²) in [6.45, 7) is -1.03. The number of aliphatic hydroxyl groups is 1. The molecule has 29 heavy (non-hydrogen) atoms. The molecular weight excluding hydrogens is 403 g/mol. The molecule has 0 saturated carbocycles. The Balaban J connectivity index is 1.80. The number of aromatic amines is 1. The van der Waals surface area contributed by atoms with E-state index in [4.69, 9.17) is 0 Å². The lowest BCUT2D eigenvalue weighted by molar-refractivity contribution is -0.118. The van der Waals surface area contributed by atoms with Crippen LogP contribution in [0.15, 0.2) is 24.3 Å². The van der Waals surface area contributed by atoms with Crippen molar-refractivity contribution in [3.8, 4) is 0 Å². The molecule has 0 aliphatic rings. The molecule has 2 aromatic carbocycles. The zero-order valence-corrected chi connectivity index (χ0v) is 14.2. The molecule has 0 aliphatic carbocycles. The number of nitrogens with zero attached hydrogens (tertiary/aromatic N) is 1. The molecule has 1 aromatic heterocycles. The predicted molar refractivity (Wildman–Crippen MR) is 89.3 cm³/mol. The first kappa shape index (κ1) is 20.2. The van der Waals surface area contributed by atoms with E-state index in [1.54, 1.807) is 29.6 Å². The van der Waals surface area contributed by atoms with Crippen molar-refractivity contribution in [3.05, 3.63) is 58.9 Å². The van der Waals surface area contributed by atoms with Crippen LogP contribution in [0.1, 0.15) is 10.4 Å². The first-order chi connectivity index (χ1) is 13.7. The van der Waals surface area contributed by atoms with Crippen LogP contribution >= 0.6 is 0 Å². The normalized spacial score (nSPS) is 12.1. The molecule has 0 spiro atoms. The van der Waals surface area contributed by atoms with Crippen LogP contribution in [0.2, 0.25) is 0 Å². The molecule has 3 aromatic rings. The van der Waals surface area contributed by atoms with Crippen LogP contribution in [0.4, 0.5) is 27.9 Å². The fourth-order valence-electron chi connectivity index (χ4n) is 2.44. The number of halogens is 5. The van der Waals surface area contributed by atoms with Gasteiger partial charge in [0, 0.05) is 0 Å². The maximum Gasteiger partial charge on any atom is 0.258 e. The zero-order valence-electron chi connectivity index (χ0n) is 14.2. The third kappa shape index (κ3) is 3.74. The van der Waals surface area contributed by atoms with Gasteiger partial charge in [-0.3, -0.25) is 14.9 Å². The zero-order chi connectivity index (χ0) is 21.3. The fraction of sp³-hybridized carbons (Fsp3) is 0.118. The smallest absolute Gasteiger partial charge is 0.258 e. The number of anilines is 1. The lowest BCUT2D eigenvalue weighted by Gasteiger charge is -2.16. The third-order valence-corrected chi connectivity index (χ3v) is 3.87. The van der Waals surface area contributed by atoms with E-state index in [9.17, 15) is 36.6 Å². The van der Waals surface area contributed by atoms with Gasteiger partial charge in [-0.1, -0.05) is 12.1 Å². The fourth-order valence-corrected chi connectivity index (χ4v) is 2.44. The Morgan fingerprint density at radius 3 is 2.17 bits per heavy atom. The van der Waals surface area contributed by atoms with Crippen molar-refractivity contribution in [1.29, 1.82) is 0 Å². The maximum atomic E-state index is 13.7. The van der Waals surface area contributed by atoms with Crippen LogP contribution in [0.25, 0.3) is 11.0 Å². The van der Waals surface area contributed by atoms with Crippen molar-refractivity contribution in [3.63, 3.8) is 0 Å². The minimum Gasteiger partial charge on any atom is -0.394 e. The average Bonchev–Trinajstić information content (AvgIpc) is 3.11. The standard InChI is InChI=1S/C17H11F5N4O3/c18-10-9(11(19)13(21)14(22)12(10)20)16(29)23-8(5-27)15(28)26-17-24-6-3-1-2-4-7(6)25-17/h1-4,8,27H,5H2,(H,23,29)(H2,24,25,26,28). The van der Waals surface area contributed by atoms with E-state index in [1.165, 1.54) is 0 Å². The predicted octanol–water partition coefficient (Wildman–Crippen LogP) is 1.99. The van der Waals surface area contributed by atoms with E-state index >= 15 is 0 Å². The topological polar surface area (TPSA) is 107 Å². The van der Waals surface area contributed by atoms with Gasteiger partial charge in [-0.05, 0) is 12.1 Å². The summed E-state index contributed by atoms with van der Waals surface area (Å²) < 4.78 is 67.0. The van der Waals surface area contributed by atoms with Crippen LogP contribution in [-0.2, 0) is 4.79 Å². The molecule has 2 amide bonds. The van der Waals surface area contributed by atoms with E-state index in [0.29, 0.717) is 11.0 Å². The van der Waals surface area contributed by atoms with Crippen molar-refractivity contribution in [2.75, 3.05) is 11.9 Å². The number of aliphatic hydroxyl groups excluding tert-OH is 1. The average molecular weight is 414 g/mol.